The van der Waals surface area contributed by atoms with Crippen LogP contribution >= 0.6 is 23.4 Å². The Morgan fingerprint density at radius 2 is 2.50 bits per heavy atom. The smallest absolute Gasteiger partial charge is 0.191 e. The minimum absolute atomic E-state index is 0.646. The molecule has 0 spiro atoms. The molecule has 0 aliphatic rings. The lowest BCUT2D eigenvalue weighted by Crippen LogP contribution is -1.99. The first-order valence-electron chi connectivity index (χ1n) is 4.68. The van der Waals surface area contributed by atoms with E-state index in [-0.39, 0.29) is 0 Å². The summed E-state index contributed by atoms with van der Waals surface area (Å²) in [6.45, 7) is 0.646. The van der Waals surface area contributed by atoms with Gasteiger partial charge in [-0.3, -0.25) is 0 Å². The molecule has 0 atom stereocenters. The van der Waals surface area contributed by atoms with Crippen LogP contribution in [-0.2, 0) is 6.54 Å². The Labute approximate surface area is 102 Å². The number of furan rings is 1. The number of aromatic nitrogens is 3. The first-order chi connectivity index (χ1) is 7.90. The van der Waals surface area contributed by atoms with Gasteiger partial charge in [0.1, 0.15) is 12.1 Å². The summed E-state index contributed by atoms with van der Waals surface area (Å²) in [4.78, 5) is 0. The maximum atomic E-state index is 5.44. The molecule has 2 aromatic heterocycles. The van der Waals surface area contributed by atoms with Gasteiger partial charge in [-0.1, -0.05) is 29.4 Å². The molecule has 0 radical (unpaired) electrons. The summed E-state index contributed by atoms with van der Waals surface area (Å²) < 4.78 is 7.20. The second kappa shape index (κ2) is 5.77. The molecule has 0 N–H and O–H groups in total. The number of hydrogen-bond donors (Lipinski definition) is 0. The molecule has 84 valence electrons. The molecule has 2 rings (SSSR count). The Kier molecular flexibility index (Phi) is 4.07. The van der Waals surface area contributed by atoms with Crippen molar-refractivity contribution in [2.24, 2.45) is 0 Å². The Bertz CT molecular complexity index is 452. The third-order valence-electron chi connectivity index (χ3n) is 1.88. The van der Waals surface area contributed by atoms with Crippen molar-refractivity contribution < 1.29 is 4.42 Å². The van der Waals surface area contributed by atoms with Crippen LogP contribution in [0.4, 0.5) is 0 Å². The van der Waals surface area contributed by atoms with Gasteiger partial charge in [-0.2, -0.15) is 0 Å². The number of thioether (sulfide) groups is 1. The molecule has 16 heavy (non-hydrogen) atoms. The van der Waals surface area contributed by atoms with Gasteiger partial charge < -0.3 is 8.98 Å². The predicted molar refractivity (Wildman–Crippen MR) is 63.5 cm³/mol. The molecular weight excluding hydrogens is 246 g/mol. The minimum Gasteiger partial charge on any atom is -0.467 e. The van der Waals surface area contributed by atoms with Crippen LogP contribution in [0.5, 0.6) is 0 Å². The van der Waals surface area contributed by atoms with Crippen molar-refractivity contribution in [1.82, 2.24) is 14.8 Å². The van der Waals surface area contributed by atoms with Gasteiger partial charge in [0.05, 0.1) is 12.8 Å². The standard InChI is InChI=1S/C10H10ClN3OS/c11-4-2-6-16-10-13-12-8-14(10)7-9-3-1-5-15-9/h1-5,8H,6-7H2/b4-2+. The van der Waals surface area contributed by atoms with Gasteiger partial charge in [0.2, 0.25) is 0 Å². The van der Waals surface area contributed by atoms with Gasteiger partial charge in [0.25, 0.3) is 0 Å². The Morgan fingerprint density at radius 3 is 3.25 bits per heavy atom. The van der Waals surface area contributed by atoms with Crippen LogP contribution in [0, 0.1) is 0 Å². The van der Waals surface area contributed by atoms with Crippen molar-refractivity contribution in [3.05, 3.63) is 42.1 Å². The molecule has 0 aliphatic carbocycles. The molecule has 2 aromatic rings. The van der Waals surface area contributed by atoms with E-state index < -0.39 is 0 Å². The fraction of sp³-hybridized carbons (Fsp3) is 0.200. The Balaban J connectivity index is 2.01. The van der Waals surface area contributed by atoms with E-state index in [0.717, 1.165) is 16.7 Å². The highest BCUT2D eigenvalue weighted by Crippen LogP contribution is 2.16. The van der Waals surface area contributed by atoms with Crippen LogP contribution < -0.4 is 0 Å². The number of nitrogens with zero attached hydrogens (tertiary/aromatic N) is 3. The summed E-state index contributed by atoms with van der Waals surface area (Å²) in [6.07, 6.45) is 5.20. The van der Waals surface area contributed by atoms with Crippen LogP contribution in [-0.4, -0.2) is 20.5 Å². The topological polar surface area (TPSA) is 43.9 Å². The first kappa shape index (κ1) is 11.3. The summed E-state index contributed by atoms with van der Waals surface area (Å²) in [5.74, 6) is 1.66. The maximum absolute atomic E-state index is 5.44. The molecule has 2 heterocycles. The molecule has 0 amide bonds. The van der Waals surface area contributed by atoms with Crippen LogP contribution in [0.15, 0.2) is 45.9 Å². The molecule has 0 aliphatic heterocycles. The van der Waals surface area contributed by atoms with E-state index in [9.17, 15) is 0 Å². The zero-order valence-electron chi connectivity index (χ0n) is 8.41. The highest BCUT2D eigenvalue weighted by molar-refractivity contribution is 7.99. The third kappa shape index (κ3) is 2.90. The molecule has 0 bridgehead atoms. The average molecular weight is 256 g/mol. The van der Waals surface area contributed by atoms with E-state index in [1.54, 1.807) is 24.4 Å². The SMILES string of the molecule is Cl/C=C/CSc1nncn1Cc1ccco1. The molecule has 0 fully saturated rings. The van der Waals surface area contributed by atoms with Crippen molar-refractivity contribution in [3.63, 3.8) is 0 Å². The Morgan fingerprint density at radius 1 is 1.56 bits per heavy atom. The van der Waals surface area contributed by atoms with Gasteiger partial charge >= 0.3 is 0 Å². The molecule has 0 saturated carbocycles. The Hall–Kier alpha value is -1.20. The summed E-state index contributed by atoms with van der Waals surface area (Å²) >= 11 is 7.02. The molecule has 0 unspecified atom stereocenters. The third-order valence-corrected chi connectivity index (χ3v) is 3.00. The van der Waals surface area contributed by atoms with Crippen molar-refractivity contribution in [1.29, 1.82) is 0 Å². The highest BCUT2D eigenvalue weighted by atomic mass is 35.5. The second-order valence-electron chi connectivity index (χ2n) is 2.99. The van der Waals surface area contributed by atoms with Crippen molar-refractivity contribution in [3.8, 4) is 0 Å². The largest absolute Gasteiger partial charge is 0.467 e. The monoisotopic (exact) mass is 255 g/mol. The van der Waals surface area contributed by atoms with Crippen LogP contribution in [0.3, 0.4) is 0 Å². The summed E-state index contributed by atoms with van der Waals surface area (Å²) in [6, 6.07) is 3.79. The van der Waals surface area contributed by atoms with Crippen molar-refractivity contribution >= 4 is 23.4 Å². The van der Waals surface area contributed by atoms with Crippen LogP contribution in [0.2, 0.25) is 0 Å². The summed E-state index contributed by atoms with van der Waals surface area (Å²) in [5, 5.41) is 8.75. The van der Waals surface area contributed by atoms with E-state index in [2.05, 4.69) is 10.2 Å². The van der Waals surface area contributed by atoms with Crippen molar-refractivity contribution in [2.45, 2.75) is 11.7 Å². The van der Waals surface area contributed by atoms with Gasteiger partial charge in [-0.15, -0.1) is 10.2 Å². The number of rotatable bonds is 5. The average Bonchev–Trinajstić information content (AvgIpc) is 2.92. The van der Waals surface area contributed by atoms with E-state index in [4.69, 9.17) is 16.0 Å². The lowest BCUT2D eigenvalue weighted by atomic mass is 10.4. The normalized spacial score (nSPS) is 11.3. The first-order valence-corrected chi connectivity index (χ1v) is 6.10. The molecule has 0 aromatic carbocycles. The van der Waals surface area contributed by atoms with E-state index >= 15 is 0 Å². The quantitative estimate of drug-likeness (QED) is 0.771. The van der Waals surface area contributed by atoms with Gasteiger partial charge in [-0.05, 0) is 12.1 Å². The van der Waals surface area contributed by atoms with E-state index in [0.29, 0.717) is 6.54 Å². The zero-order valence-corrected chi connectivity index (χ0v) is 9.99. The molecule has 0 saturated heterocycles. The van der Waals surface area contributed by atoms with Crippen molar-refractivity contribution in [2.75, 3.05) is 5.75 Å². The molecule has 6 heteroatoms. The summed E-state index contributed by atoms with van der Waals surface area (Å²) in [7, 11) is 0. The zero-order chi connectivity index (χ0) is 11.2. The van der Waals surface area contributed by atoms with Gasteiger partial charge in [0.15, 0.2) is 5.16 Å². The molecule has 4 nitrogen and oxygen atoms in total. The number of hydrogen-bond acceptors (Lipinski definition) is 4. The highest BCUT2D eigenvalue weighted by Gasteiger charge is 2.05. The predicted octanol–water partition coefficient (Wildman–Crippen LogP) is 2.76. The van der Waals surface area contributed by atoms with E-state index in [1.165, 1.54) is 5.54 Å². The second-order valence-corrected chi connectivity index (χ2v) is 4.23. The van der Waals surface area contributed by atoms with Crippen LogP contribution in [0.1, 0.15) is 5.76 Å². The lowest BCUT2D eigenvalue weighted by Gasteiger charge is -2.02. The van der Waals surface area contributed by atoms with Gasteiger partial charge in [-0.25, -0.2) is 0 Å². The minimum atomic E-state index is 0.646. The fourth-order valence-electron chi connectivity index (χ4n) is 1.19. The lowest BCUT2D eigenvalue weighted by molar-refractivity contribution is 0.484. The fourth-order valence-corrected chi connectivity index (χ4v) is 2.11. The molecular formula is C10H10ClN3OS. The van der Waals surface area contributed by atoms with Gasteiger partial charge in [0, 0.05) is 11.3 Å². The van der Waals surface area contributed by atoms with Crippen LogP contribution in [0.25, 0.3) is 0 Å². The van der Waals surface area contributed by atoms with E-state index in [1.807, 2.05) is 22.8 Å². The number of halogens is 1. The maximum Gasteiger partial charge on any atom is 0.191 e. The summed E-state index contributed by atoms with van der Waals surface area (Å²) in [5.41, 5.74) is 1.50.